The Morgan fingerprint density at radius 1 is 1.00 bits per heavy atom. The second-order valence-corrected chi connectivity index (χ2v) is 6.98. The molecule has 0 amide bonds. The number of nitrogens with one attached hydrogen (secondary N) is 1. The van der Waals surface area contributed by atoms with E-state index in [9.17, 15) is 0 Å². The summed E-state index contributed by atoms with van der Waals surface area (Å²) in [5.41, 5.74) is 3.95. The summed E-state index contributed by atoms with van der Waals surface area (Å²) in [6, 6.07) is 15.7. The van der Waals surface area contributed by atoms with Crippen LogP contribution in [0.5, 0.6) is 0 Å². The van der Waals surface area contributed by atoms with Gasteiger partial charge in [-0.2, -0.15) is 15.0 Å². The van der Waals surface area contributed by atoms with Crippen molar-refractivity contribution in [2.24, 2.45) is 0 Å². The zero-order valence-corrected chi connectivity index (χ0v) is 16.3. The molecule has 3 rings (SSSR count). The molecule has 0 unspecified atom stereocenters. The molecule has 0 aliphatic carbocycles. The van der Waals surface area contributed by atoms with Gasteiger partial charge in [0.25, 0.3) is 0 Å². The Labute approximate surface area is 164 Å². The molecule has 1 heterocycles. The highest BCUT2D eigenvalue weighted by molar-refractivity contribution is 6.42. The van der Waals surface area contributed by atoms with Crippen LogP contribution < -0.4 is 5.32 Å². The quantitative estimate of drug-likeness (QED) is 0.539. The van der Waals surface area contributed by atoms with Gasteiger partial charge in [-0.15, -0.1) is 0 Å². The van der Waals surface area contributed by atoms with Crippen molar-refractivity contribution in [3.05, 3.63) is 69.8 Å². The minimum atomic E-state index is 0.543. The van der Waals surface area contributed by atoms with Crippen molar-refractivity contribution in [1.29, 1.82) is 0 Å². The fraction of sp³-hybridized carbons (Fsp3) is 0.300. The van der Waals surface area contributed by atoms with Crippen molar-refractivity contribution in [3.63, 3.8) is 0 Å². The summed E-state index contributed by atoms with van der Waals surface area (Å²) < 4.78 is 0. The van der Waals surface area contributed by atoms with Gasteiger partial charge in [-0.05, 0) is 30.7 Å². The Kier molecular flexibility index (Phi) is 6.67. The standard InChI is InChI=1S/C20H22Cl2N4/c1-2-3-11-23-13-19-20(16-7-5-4-6-8-16)25-26(24-19)14-15-9-10-17(21)18(22)12-15/h4-10,12,23H,2-3,11,13-14H2,1H3. The molecule has 4 nitrogen and oxygen atoms in total. The van der Waals surface area contributed by atoms with Crippen molar-refractivity contribution in [2.75, 3.05) is 6.54 Å². The zero-order chi connectivity index (χ0) is 18.4. The van der Waals surface area contributed by atoms with Crippen LogP contribution in [-0.2, 0) is 13.1 Å². The number of unbranched alkanes of at least 4 members (excludes halogenated alkanes) is 1. The first-order valence-electron chi connectivity index (χ1n) is 8.81. The maximum absolute atomic E-state index is 6.12. The van der Waals surface area contributed by atoms with Gasteiger partial charge < -0.3 is 5.32 Å². The molecule has 136 valence electrons. The van der Waals surface area contributed by atoms with Crippen molar-refractivity contribution < 1.29 is 0 Å². The van der Waals surface area contributed by atoms with Gasteiger partial charge in [0.1, 0.15) is 11.4 Å². The molecule has 0 radical (unpaired) electrons. The molecule has 2 aromatic carbocycles. The average Bonchev–Trinajstić information content (AvgIpc) is 3.05. The van der Waals surface area contributed by atoms with Crippen molar-refractivity contribution >= 4 is 23.2 Å². The Morgan fingerprint density at radius 3 is 2.54 bits per heavy atom. The van der Waals surface area contributed by atoms with E-state index in [1.807, 2.05) is 30.3 Å². The van der Waals surface area contributed by atoms with Crippen LogP contribution in [0.4, 0.5) is 0 Å². The van der Waals surface area contributed by atoms with E-state index in [0.717, 1.165) is 35.5 Å². The minimum Gasteiger partial charge on any atom is -0.311 e. The van der Waals surface area contributed by atoms with E-state index in [1.165, 1.54) is 6.42 Å². The highest BCUT2D eigenvalue weighted by Gasteiger charge is 2.13. The zero-order valence-electron chi connectivity index (χ0n) is 14.8. The summed E-state index contributed by atoms with van der Waals surface area (Å²) in [5, 5.41) is 14.0. The number of nitrogens with zero attached hydrogens (tertiary/aromatic N) is 3. The van der Waals surface area contributed by atoms with Gasteiger partial charge in [0.2, 0.25) is 0 Å². The highest BCUT2D eigenvalue weighted by atomic mass is 35.5. The van der Waals surface area contributed by atoms with Crippen LogP contribution in [-0.4, -0.2) is 21.5 Å². The molecule has 1 aromatic heterocycles. The molecular formula is C20H22Cl2N4. The third-order valence-electron chi connectivity index (χ3n) is 4.08. The van der Waals surface area contributed by atoms with Gasteiger partial charge in [-0.3, -0.25) is 0 Å². The number of hydrogen-bond acceptors (Lipinski definition) is 3. The maximum Gasteiger partial charge on any atom is 0.117 e. The molecule has 26 heavy (non-hydrogen) atoms. The Hall–Kier alpha value is -1.88. The molecule has 0 aliphatic heterocycles. The molecule has 0 saturated carbocycles. The molecule has 0 bridgehead atoms. The monoisotopic (exact) mass is 388 g/mol. The molecule has 0 spiro atoms. The summed E-state index contributed by atoms with van der Waals surface area (Å²) in [6.45, 7) is 4.41. The van der Waals surface area contributed by atoms with Gasteiger partial charge in [-0.1, -0.05) is 72.9 Å². The second-order valence-electron chi connectivity index (χ2n) is 6.17. The molecular weight excluding hydrogens is 367 g/mol. The predicted octanol–water partition coefficient (Wildman–Crippen LogP) is 5.19. The average molecular weight is 389 g/mol. The number of benzene rings is 2. The van der Waals surface area contributed by atoms with E-state index in [4.69, 9.17) is 33.4 Å². The molecule has 6 heteroatoms. The molecule has 3 aromatic rings. The van der Waals surface area contributed by atoms with Crippen molar-refractivity contribution in [1.82, 2.24) is 20.3 Å². The molecule has 1 N–H and O–H groups in total. The van der Waals surface area contributed by atoms with Crippen LogP contribution in [0, 0.1) is 0 Å². The van der Waals surface area contributed by atoms with Gasteiger partial charge in [0, 0.05) is 12.1 Å². The SMILES string of the molecule is CCCCNCc1nn(Cc2ccc(Cl)c(Cl)c2)nc1-c1ccccc1. The topological polar surface area (TPSA) is 42.7 Å². The summed E-state index contributed by atoms with van der Waals surface area (Å²) in [4.78, 5) is 1.72. The van der Waals surface area contributed by atoms with E-state index in [2.05, 4.69) is 24.4 Å². The molecule has 0 saturated heterocycles. The lowest BCUT2D eigenvalue weighted by Gasteiger charge is -2.03. The van der Waals surface area contributed by atoms with Crippen molar-refractivity contribution in [3.8, 4) is 11.3 Å². The highest BCUT2D eigenvalue weighted by Crippen LogP contribution is 2.24. The smallest absolute Gasteiger partial charge is 0.117 e. The van der Waals surface area contributed by atoms with E-state index in [1.54, 1.807) is 10.9 Å². The first-order chi connectivity index (χ1) is 12.7. The lowest BCUT2D eigenvalue weighted by molar-refractivity contribution is 0.573. The maximum atomic E-state index is 6.12. The summed E-state index contributed by atoms with van der Waals surface area (Å²) >= 11 is 12.1. The van der Waals surface area contributed by atoms with E-state index >= 15 is 0 Å². The number of halogens is 2. The van der Waals surface area contributed by atoms with Crippen LogP contribution in [0.25, 0.3) is 11.3 Å². The number of hydrogen-bond donors (Lipinski definition) is 1. The third-order valence-corrected chi connectivity index (χ3v) is 4.82. The first-order valence-corrected chi connectivity index (χ1v) is 9.57. The van der Waals surface area contributed by atoms with E-state index < -0.39 is 0 Å². The number of aromatic nitrogens is 3. The normalized spacial score (nSPS) is 11.0. The molecule has 0 fully saturated rings. The van der Waals surface area contributed by atoms with Crippen molar-refractivity contribution in [2.45, 2.75) is 32.9 Å². The van der Waals surface area contributed by atoms with E-state index in [-0.39, 0.29) is 0 Å². The predicted molar refractivity (Wildman–Crippen MR) is 108 cm³/mol. The first kappa shape index (κ1) is 18.9. The largest absolute Gasteiger partial charge is 0.311 e. The van der Waals surface area contributed by atoms with Crippen LogP contribution in [0.2, 0.25) is 10.0 Å². The van der Waals surface area contributed by atoms with Crippen LogP contribution >= 0.6 is 23.2 Å². The summed E-state index contributed by atoms with van der Waals surface area (Å²) in [7, 11) is 0. The summed E-state index contributed by atoms with van der Waals surface area (Å²) in [6.07, 6.45) is 2.32. The van der Waals surface area contributed by atoms with Gasteiger partial charge in [0.05, 0.1) is 16.6 Å². The fourth-order valence-corrected chi connectivity index (χ4v) is 3.02. The summed E-state index contributed by atoms with van der Waals surface area (Å²) in [5.74, 6) is 0. The lowest BCUT2D eigenvalue weighted by Crippen LogP contribution is -2.15. The Bertz CT molecular complexity index is 846. The number of rotatable bonds is 8. The van der Waals surface area contributed by atoms with Gasteiger partial charge >= 0.3 is 0 Å². The minimum absolute atomic E-state index is 0.543. The van der Waals surface area contributed by atoms with Gasteiger partial charge in [-0.25, -0.2) is 0 Å². The second kappa shape index (κ2) is 9.17. The Morgan fingerprint density at radius 2 is 1.81 bits per heavy atom. The van der Waals surface area contributed by atoms with Crippen LogP contribution in [0.3, 0.4) is 0 Å². The molecule has 0 atom stereocenters. The van der Waals surface area contributed by atoms with Crippen LogP contribution in [0.1, 0.15) is 31.0 Å². The van der Waals surface area contributed by atoms with Crippen LogP contribution in [0.15, 0.2) is 48.5 Å². The third kappa shape index (κ3) is 4.85. The van der Waals surface area contributed by atoms with E-state index in [0.29, 0.717) is 23.1 Å². The lowest BCUT2D eigenvalue weighted by atomic mass is 10.1. The fourth-order valence-electron chi connectivity index (χ4n) is 2.70. The van der Waals surface area contributed by atoms with Gasteiger partial charge in [0.15, 0.2) is 0 Å². The molecule has 0 aliphatic rings. The Balaban J connectivity index is 1.83.